The molecular formula is C17H21N5O4. The third kappa shape index (κ3) is 5.40. The van der Waals surface area contributed by atoms with Gasteiger partial charge in [-0.15, -0.1) is 5.10 Å². The minimum absolute atomic E-state index is 0.120. The lowest BCUT2D eigenvalue weighted by atomic mass is 10.0. The Balaban J connectivity index is 1.87. The van der Waals surface area contributed by atoms with Gasteiger partial charge in [-0.1, -0.05) is 19.1 Å². The molecule has 138 valence electrons. The first kappa shape index (κ1) is 19.1. The molecule has 9 heteroatoms. The number of amides is 2. The largest absolute Gasteiger partial charge is 0.480 e. The van der Waals surface area contributed by atoms with Crippen LogP contribution in [0.15, 0.2) is 36.7 Å². The summed E-state index contributed by atoms with van der Waals surface area (Å²) >= 11 is 0. The summed E-state index contributed by atoms with van der Waals surface area (Å²) in [4.78, 5) is 35.1. The van der Waals surface area contributed by atoms with Crippen LogP contribution in [0.25, 0.3) is 5.69 Å². The van der Waals surface area contributed by atoms with E-state index < -0.39 is 23.8 Å². The quantitative estimate of drug-likeness (QED) is 0.634. The molecule has 2 aromatic rings. The van der Waals surface area contributed by atoms with Gasteiger partial charge >= 0.3 is 5.97 Å². The first-order valence-electron chi connectivity index (χ1n) is 8.14. The average Bonchev–Trinajstić information content (AvgIpc) is 3.13. The number of carboxylic acids is 1. The highest BCUT2D eigenvalue weighted by Gasteiger charge is 2.21. The fourth-order valence-electron chi connectivity index (χ4n) is 2.31. The second-order valence-electron chi connectivity index (χ2n) is 6.17. The summed E-state index contributed by atoms with van der Waals surface area (Å²) in [6.45, 7) is 3.44. The molecule has 0 fully saturated rings. The van der Waals surface area contributed by atoms with Crippen LogP contribution < -0.4 is 10.6 Å². The smallest absolute Gasteiger partial charge is 0.326 e. The number of aliphatic carboxylic acids is 1. The number of carbonyl (C=O) groups excluding carboxylic acids is 2. The molecule has 9 nitrogen and oxygen atoms in total. The van der Waals surface area contributed by atoms with Gasteiger partial charge in [-0.3, -0.25) is 9.59 Å². The lowest BCUT2D eigenvalue weighted by molar-refractivity contribution is -0.142. The Bertz CT molecular complexity index is 756. The van der Waals surface area contributed by atoms with Crippen LogP contribution in [0.3, 0.4) is 0 Å². The highest BCUT2D eigenvalue weighted by atomic mass is 16.4. The van der Waals surface area contributed by atoms with Crippen LogP contribution in [-0.4, -0.2) is 50.5 Å². The van der Waals surface area contributed by atoms with Gasteiger partial charge in [-0.2, -0.15) is 0 Å². The number of hydrogen-bond donors (Lipinski definition) is 3. The number of aromatic nitrogens is 3. The number of carbonyl (C=O) groups is 3. The van der Waals surface area contributed by atoms with Gasteiger partial charge < -0.3 is 15.7 Å². The van der Waals surface area contributed by atoms with E-state index in [4.69, 9.17) is 5.11 Å². The Hall–Kier alpha value is -3.23. The summed E-state index contributed by atoms with van der Waals surface area (Å²) in [6.07, 6.45) is 3.54. The maximum atomic E-state index is 12.1. The molecule has 1 aromatic heterocycles. The normalized spacial score (nSPS) is 11.8. The second kappa shape index (κ2) is 8.75. The van der Waals surface area contributed by atoms with Crippen LogP contribution in [0.4, 0.5) is 0 Å². The van der Waals surface area contributed by atoms with Crippen molar-refractivity contribution in [3.05, 3.63) is 42.2 Å². The van der Waals surface area contributed by atoms with Crippen molar-refractivity contribution in [3.8, 4) is 5.69 Å². The SMILES string of the molecule is CC(C)C[C@H](NC(=O)CNC(=O)c1ccc(-n2ccnn2)cc1)C(=O)O. The van der Waals surface area contributed by atoms with Crippen molar-refractivity contribution in [1.29, 1.82) is 0 Å². The third-order valence-electron chi connectivity index (χ3n) is 3.57. The molecule has 0 aliphatic carbocycles. The van der Waals surface area contributed by atoms with Crippen LogP contribution in [-0.2, 0) is 9.59 Å². The van der Waals surface area contributed by atoms with Crippen molar-refractivity contribution in [2.24, 2.45) is 5.92 Å². The van der Waals surface area contributed by atoms with E-state index in [1.807, 2.05) is 13.8 Å². The highest BCUT2D eigenvalue weighted by Crippen LogP contribution is 2.08. The molecule has 0 bridgehead atoms. The van der Waals surface area contributed by atoms with E-state index in [-0.39, 0.29) is 12.5 Å². The van der Waals surface area contributed by atoms with Crippen molar-refractivity contribution in [2.75, 3.05) is 6.54 Å². The molecule has 0 aliphatic heterocycles. The van der Waals surface area contributed by atoms with Crippen LogP contribution >= 0.6 is 0 Å². The monoisotopic (exact) mass is 359 g/mol. The van der Waals surface area contributed by atoms with Crippen molar-refractivity contribution in [2.45, 2.75) is 26.3 Å². The molecule has 0 unspecified atom stereocenters. The molecule has 26 heavy (non-hydrogen) atoms. The molecule has 0 saturated heterocycles. The van der Waals surface area contributed by atoms with E-state index in [2.05, 4.69) is 20.9 Å². The van der Waals surface area contributed by atoms with Gasteiger partial charge in [0, 0.05) is 5.56 Å². The summed E-state index contributed by atoms with van der Waals surface area (Å²) < 4.78 is 1.55. The zero-order chi connectivity index (χ0) is 19.1. The number of carboxylic acid groups (broad SMARTS) is 1. The standard InChI is InChI=1S/C17H21N5O4/c1-11(2)9-14(17(25)26)20-15(23)10-18-16(24)12-3-5-13(6-4-12)22-8-7-19-21-22/h3-8,11,14H,9-10H2,1-2H3,(H,18,24)(H,20,23)(H,25,26)/t14-/m0/s1. The number of nitrogens with one attached hydrogen (secondary N) is 2. The van der Waals surface area contributed by atoms with E-state index in [0.29, 0.717) is 12.0 Å². The van der Waals surface area contributed by atoms with Crippen molar-refractivity contribution in [3.63, 3.8) is 0 Å². The van der Waals surface area contributed by atoms with E-state index in [9.17, 15) is 14.4 Å². The maximum Gasteiger partial charge on any atom is 0.326 e. The van der Waals surface area contributed by atoms with E-state index in [1.165, 1.54) is 0 Å². The number of rotatable bonds is 8. The molecule has 0 saturated carbocycles. The molecular weight excluding hydrogens is 338 g/mol. The fourth-order valence-corrected chi connectivity index (χ4v) is 2.31. The summed E-state index contributed by atoms with van der Waals surface area (Å²) in [5.74, 6) is -1.96. The minimum atomic E-state index is -1.10. The first-order valence-corrected chi connectivity index (χ1v) is 8.14. The van der Waals surface area contributed by atoms with Gasteiger partial charge in [-0.05, 0) is 36.6 Å². The number of hydrogen-bond acceptors (Lipinski definition) is 5. The number of benzene rings is 1. The summed E-state index contributed by atoms with van der Waals surface area (Å²) in [6, 6.07) is 5.63. The zero-order valence-electron chi connectivity index (χ0n) is 14.5. The van der Waals surface area contributed by atoms with Gasteiger partial charge in [0.2, 0.25) is 5.91 Å². The molecule has 2 rings (SSSR count). The Morgan fingerprint density at radius 2 is 1.88 bits per heavy atom. The number of nitrogens with zero attached hydrogens (tertiary/aromatic N) is 3. The molecule has 1 atom stereocenters. The molecule has 0 spiro atoms. The first-order chi connectivity index (χ1) is 12.4. The van der Waals surface area contributed by atoms with Crippen molar-refractivity contribution < 1.29 is 19.5 Å². The topological polar surface area (TPSA) is 126 Å². The third-order valence-corrected chi connectivity index (χ3v) is 3.57. The Kier molecular flexibility index (Phi) is 6.42. The van der Waals surface area contributed by atoms with E-state index >= 15 is 0 Å². The van der Waals surface area contributed by atoms with Crippen LogP contribution in [0, 0.1) is 5.92 Å². The molecule has 2 amide bonds. The van der Waals surface area contributed by atoms with Gasteiger partial charge in [0.15, 0.2) is 0 Å². The van der Waals surface area contributed by atoms with Crippen molar-refractivity contribution in [1.82, 2.24) is 25.6 Å². The summed E-state index contributed by atoms with van der Waals surface area (Å²) in [5, 5.41) is 21.6. The predicted molar refractivity (Wildman–Crippen MR) is 92.7 cm³/mol. The summed E-state index contributed by atoms with van der Waals surface area (Å²) in [5.41, 5.74) is 1.12. The lowest BCUT2D eigenvalue weighted by Gasteiger charge is -2.16. The molecule has 3 N–H and O–H groups in total. The van der Waals surface area contributed by atoms with E-state index in [1.54, 1.807) is 41.3 Å². The lowest BCUT2D eigenvalue weighted by Crippen LogP contribution is -2.46. The zero-order valence-corrected chi connectivity index (χ0v) is 14.5. The van der Waals surface area contributed by atoms with Gasteiger partial charge in [0.25, 0.3) is 5.91 Å². The Morgan fingerprint density at radius 1 is 1.19 bits per heavy atom. The van der Waals surface area contributed by atoms with Crippen LogP contribution in [0.2, 0.25) is 0 Å². The second-order valence-corrected chi connectivity index (χ2v) is 6.17. The fraction of sp³-hybridized carbons (Fsp3) is 0.353. The molecule has 1 aromatic carbocycles. The van der Waals surface area contributed by atoms with E-state index in [0.717, 1.165) is 5.69 Å². The molecule has 0 radical (unpaired) electrons. The average molecular weight is 359 g/mol. The maximum absolute atomic E-state index is 12.1. The van der Waals surface area contributed by atoms with Gasteiger partial charge in [0.05, 0.1) is 24.6 Å². The van der Waals surface area contributed by atoms with Gasteiger partial charge in [-0.25, -0.2) is 9.48 Å². The minimum Gasteiger partial charge on any atom is -0.480 e. The molecule has 0 aliphatic rings. The summed E-state index contributed by atoms with van der Waals surface area (Å²) in [7, 11) is 0. The van der Waals surface area contributed by atoms with Gasteiger partial charge in [0.1, 0.15) is 6.04 Å². The van der Waals surface area contributed by atoms with Crippen molar-refractivity contribution >= 4 is 17.8 Å². The van der Waals surface area contributed by atoms with Crippen LogP contribution in [0.5, 0.6) is 0 Å². The molecule has 1 heterocycles. The Morgan fingerprint density at radius 3 is 2.42 bits per heavy atom. The predicted octanol–water partition coefficient (Wildman–Crippen LogP) is 0.613. The van der Waals surface area contributed by atoms with Crippen LogP contribution in [0.1, 0.15) is 30.6 Å². The Labute approximate surface area is 150 Å². The highest BCUT2D eigenvalue weighted by molar-refractivity contribution is 5.97.